The maximum absolute atomic E-state index is 12.5. The van der Waals surface area contributed by atoms with Gasteiger partial charge in [-0.05, 0) is 43.9 Å². The van der Waals surface area contributed by atoms with Gasteiger partial charge < -0.3 is 5.32 Å². The Balaban J connectivity index is 1.37. The van der Waals surface area contributed by atoms with E-state index in [0.717, 1.165) is 30.8 Å². The first-order chi connectivity index (χ1) is 13.7. The van der Waals surface area contributed by atoms with Crippen molar-refractivity contribution in [3.63, 3.8) is 0 Å². The third-order valence-corrected chi connectivity index (χ3v) is 5.71. The lowest BCUT2D eigenvalue weighted by Gasteiger charge is -2.10. The number of rotatable bonds is 8. The summed E-state index contributed by atoms with van der Waals surface area (Å²) >= 11 is 1.42. The first kappa shape index (κ1) is 18.7. The molecule has 1 aliphatic rings. The topological polar surface area (TPSA) is 59.8 Å². The molecule has 0 spiro atoms. The van der Waals surface area contributed by atoms with Crippen LogP contribution in [0.25, 0.3) is 5.69 Å². The van der Waals surface area contributed by atoms with E-state index in [4.69, 9.17) is 4.98 Å². The van der Waals surface area contributed by atoms with Crippen LogP contribution in [0.5, 0.6) is 0 Å². The summed E-state index contributed by atoms with van der Waals surface area (Å²) in [6.07, 6.45) is 3.15. The number of thioether (sulfide) groups is 1. The third kappa shape index (κ3) is 4.62. The van der Waals surface area contributed by atoms with Crippen LogP contribution in [0.3, 0.4) is 0 Å². The number of nitrogens with one attached hydrogen (secondary N) is 1. The predicted octanol–water partition coefficient (Wildman–Crippen LogP) is 3.98. The van der Waals surface area contributed by atoms with E-state index < -0.39 is 0 Å². The maximum atomic E-state index is 12.5. The fourth-order valence-electron chi connectivity index (χ4n) is 3.05. The van der Waals surface area contributed by atoms with Crippen LogP contribution < -0.4 is 5.32 Å². The largest absolute Gasteiger partial charge is 0.355 e. The molecule has 1 saturated carbocycles. The van der Waals surface area contributed by atoms with Crippen LogP contribution in [-0.2, 0) is 11.2 Å². The highest BCUT2D eigenvalue weighted by Crippen LogP contribution is 2.40. The van der Waals surface area contributed by atoms with Crippen molar-refractivity contribution in [2.45, 2.75) is 42.5 Å². The predicted molar refractivity (Wildman–Crippen MR) is 112 cm³/mol. The van der Waals surface area contributed by atoms with Gasteiger partial charge in [-0.2, -0.15) is 0 Å². The van der Waals surface area contributed by atoms with Gasteiger partial charge in [-0.25, -0.2) is 9.67 Å². The van der Waals surface area contributed by atoms with Crippen LogP contribution in [0.15, 0.2) is 65.8 Å². The molecule has 3 aromatic rings. The molecule has 1 atom stereocenters. The molecule has 144 valence electrons. The quantitative estimate of drug-likeness (QED) is 0.589. The van der Waals surface area contributed by atoms with Crippen LogP contribution >= 0.6 is 11.8 Å². The highest BCUT2D eigenvalue weighted by atomic mass is 32.2. The van der Waals surface area contributed by atoms with Gasteiger partial charge in [0.15, 0.2) is 0 Å². The Morgan fingerprint density at radius 3 is 2.50 bits per heavy atom. The summed E-state index contributed by atoms with van der Waals surface area (Å²) in [6, 6.07) is 20.3. The molecule has 1 unspecified atom stereocenters. The van der Waals surface area contributed by atoms with E-state index in [9.17, 15) is 4.79 Å². The number of carbonyl (C=O) groups is 1. The lowest BCUT2D eigenvalue weighted by Crippen LogP contribution is -2.32. The van der Waals surface area contributed by atoms with E-state index in [2.05, 4.69) is 22.5 Å². The zero-order valence-electron chi connectivity index (χ0n) is 15.9. The molecule has 1 amide bonds. The molecule has 4 rings (SSSR count). The minimum Gasteiger partial charge on any atom is -0.355 e. The van der Waals surface area contributed by atoms with Crippen molar-refractivity contribution in [2.75, 3.05) is 6.54 Å². The molecule has 1 aromatic heterocycles. The standard InChI is InChI=1S/C22H24N4OS/c1-16(21(27)23-15-14-17-8-4-2-5-9-17)28-22-24-20(18-12-13-18)26(25-22)19-10-6-3-7-11-19/h2-11,16,18H,12-15H2,1H3,(H,23,27). The molecule has 1 N–H and O–H groups in total. The fraction of sp³-hybridized carbons (Fsp3) is 0.318. The molecule has 0 saturated heterocycles. The summed E-state index contributed by atoms with van der Waals surface area (Å²) in [5.74, 6) is 1.51. The maximum Gasteiger partial charge on any atom is 0.233 e. The summed E-state index contributed by atoms with van der Waals surface area (Å²) in [5.41, 5.74) is 2.24. The average molecular weight is 393 g/mol. The Morgan fingerprint density at radius 2 is 1.82 bits per heavy atom. The van der Waals surface area contributed by atoms with Gasteiger partial charge >= 0.3 is 0 Å². The van der Waals surface area contributed by atoms with Crippen molar-refractivity contribution in [3.8, 4) is 5.69 Å². The van der Waals surface area contributed by atoms with Gasteiger partial charge in [0.1, 0.15) is 5.82 Å². The molecule has 5 nitrogen and oxygen atoms in total. The van der Waals surface area contributed by atoms with Crippen LogP contribution in [-0.4, -0.2) is 32.5 Å². The molecule has 6 heteroatoms. The Hall–Kier alpha value is -2.60. The number of hydrogen-bond acceptors (Lipinski definition) is 4. The van der Waals surface area contributed by atoms with E-state index in [-0.39, 0.29) is 11.2 Å². The molecule has 0 aliphatic heterocycles. The van der Waals surface area contributed by atoms with E-state index >= 15 is 0 Å². The summed E-state index contributed by atoms with van der Waals surface area (Å²) in [4.78, 5) is 17.2. The van der Waals surface area contributed by atoms with Crippen molar-refractivity contribution >= 4 is 17.7 Å². The Kier molecular flexibility index (Phi) is 5.76. The molecule has 0 radical (unpaired) electrons. The Labute approximate surface area is 169 Å². The fourth-order valence-corrected chi connectivity index (χ4v) is 3.83. The van der Waals surface area contributed by atoms with E-state index in [0.29, 0.717) is 17.6 Å². The van der Waals surface area contributed by atoms with E-state index in [1.54, 1.807) is 0 Å². The van der Waals surface area contributed by atoms with Crippen LogP contribution in [0, 0.1) is 0 Å². The number of benzene rings is 2. The van der Waals surface area contributed by atoms with Crippen molar-refractivity contribution < 1.29 is 4.79 Å². The number of hydrogen-bond donors (Lipinski definition) is 1. The van der Waals surface area contributed by atoms with E-state index in [1.807, 2.05) is 60.1 Å². The molecule has 1 aliphatic carbocycles. The first-order valence-corrected chi connectivity index (χ1v) is 10.6. The third-order valence-electron chi connectivity index (χ3n) is 4.76. The minimum atomic E-state index is -0.241. The second-order valence-corrected chi connectivity index (χ2v) is 8.37. The number of carbonyl (C=O) groups excluding carboxylic acids is 1. The van der Waals surface area contributed by atoms with Gasteiger partial charge in [-0.15, -0.1) is 5.10 Å². The minimum absolute atomic E-state index is 0.0185. The molecular weight excluding hydrogens is 368 g/mol. The van der Waals surface area contributed by atoms with Crippen LogP contribution in [0.2, 0.25) is 0 Å². The van der Waals surface area contributed by atoms with Gasteiger partial charge in [0.2, 0.25) is 11.1 Å². The molecule has 1 fully saturated rings. The normalized spacial score (nSPS) is 14.6. The summed E-state index contributed by atoms with van der Waals surface area (Å²) in [7, 11) is 0. The van der Waals surface area contributed by atoms with Gasteiger partial charge in [0, 0.05) is 12.5 Å². The second-order valence-electron chi connectivity index (χ2n) is 7.06. The number of nitrogens with zero attached hydrogens (tertiary/aromatic N) is 3. The van der Waals surface area contributed by atoms with Crippen molar-refractivity contribution in [1.29, 1.82) is 0 Å². The lowest BCUT2D eigenvalue weighted by molar-refractivity contribution is -0.120. The molecule has 1 heterocycles. The van der Waals surface area contributed by atoms with Gasteiger partial charge in [-0.1, -0.05) is 60.3 Å². The van der Waals surface area contributed by atoms with Crippen LogP contribution in [0.1, 0.15) is 37.1 Å². The zero-order chi connectivity index (χ0) is 19.3. The summed E-state index contributed by atoms with van der Waals surface area (Å²) in [5, 5.41) is 8.12. The highest BCUT2D eigenvalue weighted by molar-refractivity contribution is 8.00. The van der Waals surface area contributed by atoms with E-state index in [1.165, 1.54) is 17.3 Å². The summed E-state index contributed by atoms with van der Waals surface area (Å²) in [6.45, 7) is 2.54. The molecule has 2 aromatic carbocycles. The summed E-state index contributed by atoms with van der Waals surface area (Å²) < 4.78 is 1.93. The highest BCUT2D eigenvalue weighted by Gasteiger charge is 2.31. The van der Waals surface area contributed by atoms with Crippen molar-refractivity contribution in [3.05, 3.63) is 72.1 Å². The molecular formula is C22H24N4OS. The average Bonchev–Trinajstić information content (AvgIpc) is 3.49. The Morgan fingerprint density at radius 1 is 1.14 bits per heavy atom. The molecule has 28 heavy (non-hydrogen) atoms. The SMILES string of the molecule is CC(Sc1nc(C2CC2)n(-c2ccccc2)n1)C(=O)NCCc1ccccc1. The van der Waals surface area contributed by atoms with Gasteiger partial charge in [0.25, 0.3) is 0 Å². The number of para-hydroxylation sites is 1. The number of amides is 1. The second kappa shape index (κ2) is 8.61. The lowest BCUT2D eigenvalue weighted by atomic mass is 10.1. The van der Waals surface area contributed by atoms with Gasteiger partial charge in [0.05, 0.1) is 10.9 Å². The first-order valence-electron chi connectivity index (χ1n) is 9.71. The van der Waals surface area contributed by atoms with Crippen molar-refractivity contribution in [1.82, 2.24) is 20.1 Å². The zero-order valence-corrected chi connectivity index (χ0v) is 16.7. The monoisotopic (exact) mass is 392 g/mol. The smallest absolute Gasteiger partial charge is 0.233 e. The number of aromatic nitrogens is 3. The Bertz CT molecular complexity index is 922. The van der Waals surface area contributed by atoms with Crippen LogP contribution in [0.4, 0.5) is 0 Å². The molecule has 0 bridgehead atoms. The van der Waals surface area contributed by atoms with Crippen molar-refractivity contribution in [2.24, 2.45) is 0 Å². The van der Waals surface area contributed by atoms with Gasteiger partial charge in [-0.3, -0.25) is 4.79 Å².